The van der Waals surface area contributed by atoms with Gasteiger partial charge >= 0.3 is 11.9 Å². The molecule has 9 atom stereocenters. The third kappa shape index (κ3) is 3.30. The SMILES string of the molecule is CC(=O)O[C@@H]1CC[C@@]2(C)C(CC[C@]3(C)C2CC=C2C4CC(C)(C)CC[C@]4(C)CC[C@]23C)[C@@]1(C)C(=O)O. The number of allylic oxidation sites excluding steroid dienone is 2. The van der Waals surface area contributed by atoms with Gasteiger partial charge in [-0.25, -0.2) is 0 Å². The maximum absolute atomic E-state index is 12.8. The van der Waals surface area contributed by atoms with E-state index in [4.69, 9.17) is 4.74 Å². The molecular formula is C32H50O4. The molecule has 1 N–H and O–H groups in total. The van der Waals surface area contributed by atoms with E-state index >= 15 is 0 Å². The number of esters is 1. The average molecular weight is 499 g/mol. The van der Waals surface area contributed by atoms with E-state index in [0.29, 0.717) is 29.1 Å². The van der Waals surface area contributed by atoms with Crippen LogP contribution < -0.4 is 0 Å². The zero-order chi connectivity index (χ0) is 26.5. The minimum Gasteiger partial charge on any atom is -0.481 e. The molecule has 0 aromatic rings. The van der Waals surface area contributed by atoms with Gasteiger partial charge in [0.05, 0.1) is 0 Å². The Kier molecular flexibility index (Phi) is 5.74. The van der Waals surface area contributed by atoms with Crippen molar-refractivity contribution >= 4 is 11.9 Å². The zero-order valence-corrected chi connectivity index (χ0v) is 24.1. The predicted octanol–water partition coefficient (Wildman–Crippen LogP) is 7.80. The molecule has 0 aromatic carbocycles. The van der Waals surface area contributed by atoms with Gasteiger partial charge in [0.1, 0.15) is 11.5 Å². The van der Waals surface area contributed by atoms with Crippen molar-refractivity contribution in [2.24, 2.45) is 50.2 Å². The van der Waals surface area contributed by atoms with Crippen LogP contribution in [0.25, 0.3) is 0 Å². The van der Waals surface area contributed by atoms with Crippen LogP contribution in [0, 0.1) is 50.2 Å². The highest BCUT2D eigenvalue weighted by Gasteiger charge is 2.70. The first-order valence-electron chi connectivity index (χ1n) is 14.6. The summed E-state index contributed by atoms with van der Waals surface area (Å²) >= 11 is 0. The average Bonchev–Trinajstić information content (AvgIpc) is 2.77. The first-order valence-corrected chi connectivity index (χ1v) is 14.6. The Morgan fingerprint density at radius 3 is 2.19 bits per heavy atom. The van der Waals surface area contributed by atoms with Gasteiger partial charge in [0.2, 0.25) is 0 Å². The molecule has 0 bridgehead atoms. The van der Waals surface area contributed by atoms with E-state index < -0.39 is 17.5 Å². The van der Waals surface area contributed by atoms with Gasteiger partial charge < -0.3 is 9.84 Å². The predicted molar refractivity (Wildman–Crippen MR) is 142 cm³/mol. The topological polar surface area (TPSA) is 63.6 Å². The summed E-state index contributed by atoms with van der Waals surface area (Å²) in [4.78, 5) is 24.8. The molecule has 3 unspecified atom stereocenters. The number of ether oxygens (including phenoxy) is 1. The van der Waals surface area contributed by atoms with Crippen LogP contribution in [-0.2, 0) is 14.3 Å². The second kappa shape index (κ2) is 7.85. The quantitative estimate of drug-likeness (QED) is 0.311. The Morgan fingerprint density at radius 2 is 1.56 bits per heavy atom. The summed E-state index contributed by atoms with van der Waals surface area (Å²) in [7, 11) is 0. The van der Waals surface area contributed by atoms with E-state index in [2.05, 4.69) is 47.6 Å². The lowest BCUT2D eigenvalue weighted by molar-refractivity contribution is -0.222. The lowest BCUT2D eigenvalue weighted by atomic mass is 9.33. The largest absolute Gasteiger partial charge is 0.481 e. The van der Waals surface area contributed by atoms with Crippen molar-refractivity contribution < 1.29 is 19.4 Å². The Balaban J connectivity index is 1.56. The summed E-state index contributed by atoms with van der Waals surface area (Å²) in [6.07, 6.45) is 13.3. The molecule has 0 spiro atoms. The lowest BCUT2D eigenvalue weighted by Gasteiger charge is -2.71. The van der Waals surface area contributed by atoms with E-state index in [1.807, 2.05) is 6.92 Å². The fourth-order valence-electron chi connectivity index (χ4n) is 10.9. The Labute approximate surface area is 219 Å². The van der Waals surface area contributed by atoms with E-state index in [9.17, 15) is 14.7 Å². The summed E-state index contributed by atoms with van der Waals surface area (Å²) in [6, 6.07) is 0. The molecule has 0 aliphatic heterocycles. The molecule has 4 fully saturated rings. The minimum absolute atomic E-state index is 0.0136. The highest BCUT2D eigenvalue weighted by Crippen LogP contribution is 2.75. The molecular weight excluding hydrogens is 448 g/mol. The third-order valence-corrected chi connectivity index (χ3v) is 13.4. The first kappa shape index (κ1) is 26.3. The van der Waals surface area contributed by atoms with Crippen LogP contribution in [0.4, 0.5) is 0 Å². The normalized spacial score (nSPS) is 51.5. The minimum atomic E-state index is -1.04. The van der Waals surface area contributed by atoms with Gasteiger partial charge in [-0.1, -0.05) is 53.2 Å². The summed E-state index contributed by atoms with van der Waals surface area (Å²) in [6.45, 7) is 18.3. The Morgan fingerprint density at radius 1 is 0.889 bits per heavy atom. The van der Waals surface area contributed by atoms with Crippen LogP contribution >= 0.6 is 0 Å². The van der Waals surface area contributed by atoms with Crippen molar-refractivity contribution in [2.45, 2.75) is 126 Å². The molecule has 0 heterocycles. The molecule has 36 heavy (non-hydrogen) atoms. The van der Waals surface area contributed by atoms with Crippen molar-refractivity contribution in [3.8, 4) is 0 Å². The third-order valence-electron chi connectivity index (χ3n) is 13.4. The molecule has 5 rings (SSSR count). The summed E-state index contributed by atoms with van der Waals surface area (Å²) in [5, 5.41) is 10.5. The van der Waals surface area contributed by atoms with Crippen molar-refractivity contribution in [2.75, 3.05) is 0 Å². The van der Waals surface area contributed by atoms with Crippen molar-refractivity contribution in [1.82, 2.24) is 0 Å². The second-order valence-corrected chi connectivity index (χ2v) is 15.6. The number of carbonyl (C=O) groups excluding carboxylic acids is 1. The number of hydrogen-bond donors (Lipinski definition) is 1. The van der Waals surface area contributed by atoms with E-state index in [0.717, 1.165) is 25.7 Å². The number of rotatable bonds is 2. The van der Waals surface area contributed by atoms with E-state index in [1.165, 1.54) is 39.0 Å². The maximum atomic E-state index is 12.8. The molecule has 4 nitrogen and oxygen atoms in total. The van der Waals surface area contributed by atoms with Crippen LogP contribution in [0.5, 0.6) is 0 Å². The molecule has 5 aliphatic rings. The molecule has 202 valence electrons. The van der Waals surface area contributed by atoms with Gasteiger partial charge in [-0.2, -0.15) is 0 Å². The van der Waals surface area contributed by atoms with Crippen LogP contribution in [-0.4, -0.2) is 23.1 Å². The van der Waals surface area contributed by atoms with Crippen LogP contribution in [0.1, 0.15) is 120 Å². The highest BCUT2D eigenvalue weighted by atomic mass is 16.5. The fourth-order valence-corrected chi connectivity index (χ4v) is 10.9. The molecule has 4 saturated carbocycles. The van der Waals surface area contributed by atoms with Crippen molar-refractivity contribution in [1.29, 1.82) is 0 Å². The van der Waals surface area contributed by atoms with Crippen molar-refractivity contribution in [3.63, 3.8) is 0 Å². The molecule has 5 aliphatic carbocycles. The number of carboxylic acid groups (broad SMARTS) is 1. The monoisotopic (exact) mass is 498 g/mol. The molecule has 0 radical (unpaired) electrons. The zero-order valence-electron chi connectivity index (χ0n) is 24.1. The van der Waals surface area contributed by atoms with Gasteiger partial charge in [0.15, 0.2) is 0 Å². The molecule has 4 heteroatoms. The molecule has 0 aromatic heterocycles. The summed E-state index contributed by atoms with van der Waals surface area (Å²) in [5.74, 6) is -0.0260. The van der Waals surface area contributed by atoms with Gasteiger partial charge in [0.25, 0.3) is 0 Å². The van der Waals surface area contributed by atoms with E-state index in [-0.39, 0.29) is 28.1 Å². The van der Waals surface area contributed by atoms with Gasteiger partial charge in [-0.3, -0.25) is 9.59 Å². The number of carboxylic acids is 1. The second-order valence-electron chi connectivity index (χ2n) is 15.6. The summed E-state index contributed by atoms with van der Waals surface area (Å²) < 4.78 is 5.69. The Hall–Kier alpha value is -1.32. The van der Waals surface area contributed by atoms with Crippen LogP contribution in [0.3, 0.4) is 0 Å². The number of fused-ring (bicyclic) bond motifs is 7. The fraction of sp³-hybridized carbons (Fsp3) is 0.875. The van der Waals surface area contributed by atoms with Gasteiger partial charge in [-0.15, -0.1) is 0 Å². The smallest absolute Gasteiger partial charge is 0.313 e. The first-order chi connectivity index (χ1) is 16.5. The number of aliphatic carboxylic acids is 1. The molecule has 0 saturated heterocycles. The maximum Gasteiger partial charge on any atom is 0.313 e. The number of hydrogen-bond acceptors (Lipinski definition) is 3. The van der Waals surface area contributed by atoms with Crippen LogP contribution in [0.2, 0.25) is 0 Å². The standard InChI is InChI=1S/C32H50O4/c1-20(33)36-25-12-13-29(5)23-10-9-21-22-19-27(2,3)15-16-28(22,4)17-18-30(21,6)31(23,7)14-11-24(29)32(25,8)26(34)35/h9,22-25H,10-19H2,1-8H3,(H,34,35)/t22?,23?,24?,25-,28-,29-,30-,31-,32-/m1/s1. The van der Waals surface area contributed by atoms with Crippen molar-refractivity contribution in [3.05, 3.63) is 11.6 Å². The van der Waals surface area contributed by atoms with E-state index in [1.54, 1.807) is 5.57 Å². The van der Waals surface area contributed by atoms with Gasteiger partial charge in [0, 0.05) is 6.92 Å². The van der Waals surface area contributed by atoms with Gasteiger partial charge in [-0.05, 0) is 116 Å². The summed E-state index contributed by atoms with van der Waals surface area (Å²) in [5.41, 5.74) is 1.81. The highest BCUT2D eigenvalue weighted by molar-refractivity contribution is 5.77. The lowest BCUT2D eigenvalue weighted by Crippen LogP contribution is -2.66. The Bertz CT molecular complexity index is 996. The van der Waals surface area contributed by atoms with Crippen LogP contribution in [0.15, 0.2) is 11.6 Å². The molecule has 0 amide bonds. The number of carbonyl (C=O) groups is 2.